The number of methoxy groups -OCH3 is 1. The van der Waals surface area contributed by atoms with Crippen LogP contribution in [0.1, 0.15) is 5.56 Å². The molecule has 0 amide bonds. The molecule has 90 valence electrons. The van der Waals surface area contributed by atoms with Crippen molar-refractivity contribution in [3.8, 4) is 5.88 Å². The average molecular weight is 245 g/mol. The Kier molecular flexibility index (Phi) is 4.66. The van der Waals surface area contributed by atoms with E-state index in [-0.39, 0.29) is 18.8 Å². The lowest BCUT2D eigenvalue weighted by atomic mass is 10.3. The quantitative estimate of drug-likeness (QED) is 0.702. The van der Waals surface area contributed by atoms with Gasteiger partial charge in [0.15, 0.2) is 0 Å². The van der Waals surface area contributed by atoms with Crippen LogP contribution in [0, 0.1) is 0 Å². The molecule has 7 heteroatoms. The predicted octanol–water partition coefficient (Wildman–Crippen LogP) is -0.532. The fraction of sp³-hybridized carbons (Fsp3) is 0.444. The first-order valence-electron chi connectivity index (χ1n) is 4.74. The minimum absolute atomic E-state index is 0.0742. The number of nitrogens with zero attached hydrogens (tertiary/aromatic N) is 1. The second-order valence-electron chi connectivity index (χ2n) is 3.14. The zero-order valence-electron chi connectivity index (χ0n) is 9.01. The van der Waals surface area contributed by atoms with E-state index in [9.17, 15) is 8.42 Å². The lowest BCUT2D eigenvalue weighted by Gasteiger charge is -2.06. The van der Waals surface area contributed by atoms with Crippen LogP contribution < -0.4 is 15.2 Å². The fourth-order valence-electron chi connectivity index (χ4n) is 1.09. The van der Waals surface area contributed by atoms with Crippen LogP contribution in [0.4, 0.5) is 0 Å². The molecule has 0 aliphatic carbocycles. The Labute approximate surface area is 94.9 Å². The molecule has 0 bridgehead atoms. The Morgan fingerprint density at radius 2 is 2.31 bits per heavy atom. The van der Waals surface area contributed by atoms with Gasteiger partial charge in [0.1, 0.15) is 0 Å². The van der Waals surface area contributed by atoms with E-state index in [2.05, 4.69) is 9.71 Å². The van der Waals surface area contributed by atoms with E-state index in [0.29, 0.717) is 5.88 Å². The van der Waals surface area contributed by atoms with Gasteiger partial charge in [0, 0.05) is 25.4 Å². The smallest absolute Gasteiger partial charge is 0.213 e. The van der Waals surface area contributed by atoms with Crippen LogP contribution in [0.5, 0.6) is 5.88 Å². The van der Waals surface area contributed by atoms with Crippen LogP contribution in [0.25, 0.3) is 0 Å². The van der Waals surface area contributed by atoms with Gasteiger partial charge in [-0.05, 0) is 11.6 Å². The monoisotopic (exact) mass is 245 g/mol. The molecule has 1 heterocycles. The van der Waals surface area contributed by atoms with E-state index in [1.54, 1.807) is 18.3 Å². The van der Waals surface area contributed by atoms with Gasteiger partial charge in [-0.3, -0.25) is 0 Å². The van der Waals surface area contributed by atoms with Crippen molar-refractivity contribution in [2.75, 3.05) is 19.4 Å². The average Bonchev–Trinajstić information content (AvgIpc) is 2.27. The van der Waals surface area contributed by atoms with Crippen molar-refractivity contribution in [1.82, 2.24) is 9.71 Å². The minimum atomic E-state index is -3.29. The number of hydrogen-bond donors (Lipinski definition) is 2. The summed E-state index contributed by atoms with van der Waals surface area (Å²) in [5.41, 5.74) is 5.96. The molecule has 6 nitrogen and oxygen atoms in total. The Bertz CT molecular complexity index is 433. The largest absolute Gasteiger partial charge is 0.481 e. The van der Waals surface area contributed by atoms with Crippen molar-refractivity contribution < 1.29 is 13.2 Å². The van der Waals surface area contributed by atoms with E-state index in [4.69, 9.17) is 10.5 Å². The summed E-state index contributed by atoms with van der Waals surface area (Å²) < 4.78 is 30.0. The van der Waals surface area contributed by atoms with E-state index in [0.717, 1.165) is 5.56 Å². The van der Waals surface area contributed by atoms with Gasteiger partial charge in [0.2, 0.25) is 15.9 Å². The summed E-state index contributed by atoms with van der Waals surface area (Å²) in [4.78, 5) is 3.92. The van der Waals surface area contributed by atoms with Crippen molar-refractivity contribution in [3.63, 3.8) is 0 Å². The third-order valence-corrected chi connectivity index (χ3v) is 3.25. The second-order valence-corrected chi connectivity index (χ2v) is 5.06. The molecule has 1 aromatic rings. The Hall–Kier alpha value is -1.18. The number of hydrogen-bond acceptors (Lipinski definition) is 5. The molecule has 1 rings (SSSR count). The van der Waals surface area contributed by atoms with E-state index in [1.807, 2.05) is 0 Å². The Morgan fingerprint density at radius 3 is 2.94 bits per heavy atom. The van der Waals surface area contributed by atoms with Gasteiger partial charge < -0.3 is 10.5 Å². The van der Waals surface area contributed by atoms with Crippen LogP contribution in [0.2, 0.25) is 0 Å². The number of rotatable bonds is 6. The fourth-order valence-corrected chi connectivity index (χ4v) is 1.93. The Balaban J connectivity index is 2.61. The molecule has 0 unspecified atom stereocenters. The molecule has 0 aliphatic rings. The maximum Gasteiger partial charge on any atom is 0.213 e. The van der Waals surface area contributed by atoms with Gasteiger partial charge in [-0.15, -0.1) is 0 Å². The van der Waals surface area contributed by atoms with Gasteiger partial charge in [0.25, 0.3) is 0 Å². The van der Waals surface area contributed by atoms with Crippen molar-refractivity contribution in [2.24, 2.45) is 5.73 Å². The summed E-state index contributed by atoms with van der Waals surface area (Å²) in [7, 11) is -1.78. The Morgan fingerprint density at radius 1 is 1.56 bits per heavy atom. The van der Waals surface area contributed by atoms with Crippen molar-refractivity contribution in [3.05, 3.63) is 23.9 Å². The number of nitrogens with two attached hydrogens (primary N) is 1. The highest BCUT2D eigenvalue weighted by Crippen LogP contribution is 2.08. The number of nitrogens with one attached hydrogen (secondary N) is 1. The number of pyridine rings is 1. The molecule has 1 aromatic heterocycles. The first-order valence-corrected chi connectivity index (χ1v) is 6.39. The first kappa shape index (κ1) is 12.9. The summed E-state index contributed by atoms with van der Waals surface area (Å²) >= 11 is 0. The van der Waals surface area contributed by atoms with E-state index >= 15 is 0 Å². The molecule has 0 aliphatic heterocycles. The third kappa shape index (κ3) is 4.13. The molecular formula is C9H15N3O3S. The second kappa shape index (κ2) is 5.78. The normalized spacial score (nSPS) is 11.4. The highest BCUT2D eigenvalue weighted by atomic mass is 32.2. The van der Waals surface area contributed by atoms with Crippen molar-refractivity contribution in [1.29, 1.82) is 0 Å². The predicted molar refractivity (Wildman–Crippen MR) is 60.5 cm³/mol. The maximum atomic E-state index is 11.3. The van der Waals surface area contributed by atoms with Crippen LogP contribution in [0.3, 0.4) is 0 Å². The number of aromatic nitrogens is 1. The van der Waals surface area contributed by atoms with E-state index < -0.39 is 10.0 Å². The van der Waals surface area contributed by atoms with E-state index in [1.165, 1.54) is 7.11 Å². The van der Waals surface area contributed by atoms with Crippen LogP contribution in [-0.2, 0) is 16.6 Å². The lowest BCUT2D eigenvalue weighted by molar-refractivity contribution is 0.397. The summed E-state index contributed by atoms with van der Waals surface area (Å²) in [6.07, 6.45) is 1.56. The third-order valence-electron chi connectivity index (χ3n) is 1.89. The van der Waals surface area contributed by atoms with Gasteiger partial charge in [-0.25, -0.2) is 18.1 Å². The molecule has 0 spiro atoms. The van der Waals surface area contributed by atoms with Crippen molar-refractivity contribution >= 4 is 10.0 Å². The molecule has 0 aromatic carbocycles. The molecule has 16 heavy (non-hydrogen) atoms. The van der Waals surface area contributed by atoms with Crippen LogP contribution in [0.15, 0.2) is 18.3 Å². The molecule has 0 saturated carbocycles. The topological polar surface area (TPSA) is 94.3 Å². The highest BCUT2D eigenvalue weighted by molar-refractivity contribution is 7.89. The SMILES string of the molecule is COc1cc(CNS(=O)(=O)CCN)ccn1. The lowest BCUT2D eigenvalue weighted by Crippen LogP contribution is -2.29. The molecule has 0 fully saturated rings. The molecule has 0 saturated heterocycles. The summed E-state index contributed by atoms with van der Waals surface area (Å²) in [6.45, 7) is 0.316. The molecule has 3 N–H and O–H groups in total. The van der Waals surface area contributed by atoms with Crippen LogP contribution >= 0.6 is 0 Å². The van der Waals surface area contributed by atoms with Gasteiger partial charge in [-0.2, -0.15) is 0 Å². The number of ether oxygens (including phenoxy) is 1. The van der Waals surface area contributed by atoms with Gasteiger partial charge in [-0.1, -0.05) is 0 Å². The summed E-state index contributed by atoms with van der Waals surface area (Å²) in [5, 5.41) is 0. The van der Waals surface area contributed by atoms with Crippen molar-refractivity contribution in [2.45, 2.75) is 6.54 Å². The number of sulfonamides is 1. The highest BCUT2D eigenvalue weighted by Gasteiger charge is 2.08. The zero-order chi connectivity index (χ0) is 12.0. The first-order chi connectivity index (χ1) is 7.57. The summed E-state index contributed by atoms with van der Waals surface area (Å²) in [5.74, 6) is 0.380. The van der Waals surface area contributed by atoms with Gasteiger partial charge in [0.05, 0.1) is 12.9 Å². The molecule has 0 atom stereocenters. The molecule has 0 radical (unpaired) electrons. The maximum absolute atomic E-state index is 11.3. The van der Waals surface area contributed by atoms with Gasteiger partial charge >= 0.3 is 0 Å². The molecular weight excluding hydrogens is 230 g/mol. The standard InChI is InChI=1S/C9H15N3O3S/c1-15-9-6-8(2-4-11-9)7-12-16(13,14)5-3-10/h2,4,6,12H,3,5,7,10H2,1H3. The summed E-state index contributed by atoms with van der Waals surface area (Å²) in [6, 6.07) is 3.39. The van der Waals surface area contributed by atoms with Crippen LogP contribution in [-0.4, -0.2) is 32.8 Å². The zero-order valence-corrected chi connectivity index (χ0v) is 9.83. The minimum Gasteiger partial charge on any atom is -0.481 e.